The highest BCUT2D eigenvalue weighted by atomic mass is 16.1. The van der Waals surface area contributed by atoms with E-state index >= 15 is 0 Å². The second-order valence-electron chi connectivity index (χ2n) is 4.53. The van der Waals surface area contributed by atoms with Crippen LogP contribution in [0.5, 0.6) is 0 Å². The Balaban J connectivity index is 1.96. The van der Waals surface area contributed by atoms with Crippen LogP contribution in [0.2, 0.25) is 0 Å². The normalized spacial score (nSPS) is 17.6. The van der Waals surface area contributed by atoms with E-state index in [0.717, 1.165) is 25.0 Å². The van der Waals surface area contributed by atoms with Crippen molar-refractivity contribution in [2.45, 2.75) is 31.7 Å². The third-order valence-electron chi connectivity index (χ3n) is 3.20. The third-order valence-corrected chi connectivity index (χ3v) is 3.20. The SMILES string of the molecule is Cc1ncccc1C(=O)NCC1(N)CCC1. The summed E-state index contributed by atoms with van der Waals surface area (Å²) in [6.07, 6.45) is 4.85. The van der Waals surface area contributed by atoms with Crippen molar-refractivity contribution in [2.75, 3.05) is 6.54 Å². The lowest BCUT2D eigenvalue weighted by atomic mass is 9.78. The highest BCUT2D eigenvalue weighted by Crippen LogP contribution is 2.28. The molecule has 16 heavy (non-hydrogen) atoms. The molecule has 0 aromatic carbocycles. The van der Waals surface area contributed by atoms with Gasteiger partial charge in [0.25, 0.3) is 5.91 Å². The second-order valence-corrected chi connectivity index (χ2v) is 4.53. The Morgan fingerprint density at radius 3 is 2.94 bits per heavy atom. The van der Waals surface area contributed by atoms with Crippen molar-refractivity contribution in [1.82, 2.24) is 10.3 Å². The first-order valence-corrected chi connectivity index (χ1v) is 5.59. The Bertz CT molecular complexity index is 399. The van der Waals surface area contributed by atoms with E-state index in [9.17, 15) is 4.79 Å². The molecule has 1 aliphatic rings. The van der Waals surface area contributed by atoms with Crippen LogP contribution >= 0.6 is 0 Å². The van der Waals surface area contributed by atoms with Crippen molar-refractivity contribution in [3.05, 3.63) is 29.6 Å². The van der Waals surface area contributed by atoms with E-state index in [2.05, 4.69) is 10.3 Å². The maximum atomic E-state index is 11.8. The summed E-state index contributed by atoms with van der Waals surface area (Å²) in [5.41, 5.74) is 7.24. The van der Waals surface area contributed by atoms with E-state index in [-0.39, 0.29) is 11.4 Å². The Morgan fingerprint density at radius 2 is 2.38 bits per heavy atom. The van der Waals surface area contributed by atoms with Gasteiger partial charge in [-0.1, -0.05) is 0 Å². The number of rotatable bonds is 3. The molecule has 86 valence electrons. The zero-order chi connectivity index (χ0) is 11.6. The molecule has 0 aliphatic heterocycles. The van der Waals surface area contributed by atoms with Crippen LogP contribution in [-0.2, 0) is 0 Å². The molecule has 0 radical (unpaired) electrons. The molecular formula is C12H17N3O. The number of nitrogens with two attached hydrogens (primary N) is 1. The molecule has 1 aromatic rings. The minimum absolute atomic E-state index is 0.0812. The molecule has 4 heteroatoms. The summed E-state index contributed by atoms with van der Waals surface area (Å²) in [6.45, 7) is 2.39. The molecule has 1 amide bonds. The number of aromatic nitrogens is 1. The van der Waals surface area contributed by atoms with Gasteiger partial charge >= 0.3 is 0 Å². The van der Waals surface area contributed by atoms with Gasteiger partial charge in [0, 0.05) is 24.0 Å². The van der Waals surface area contributed by atoms with Crippen LogP contribution in [0.15, 0.2) is 18.3 Å². The minimum Gasteiger partial charge on any atom is -0.350 e. The lowest BCUT2D eigenvalue weighted by Gasteiger charge is -2.38. The fourth-order valence-electron chi connectivity index (χ4n) is 1.88. The summed E-state index contributed by atoms with van der Waals surface area (Å²) < 4.78 is 0. The Hall–Kier alpha value is -1.42. The summed E-state index contributed by atoms with van der Waals surface area (Å²) >= 11 is 0. The number of amides is 1. The number of nitrogens with one attached hydrogen (secondary N) is 1. The third kappa shape index (κ3) is 2.22. The molecule has 4 nitrogen and oxygen atoms in total. The van der Waals surface area contributed by atoms with Gasteiger partial charge in [-0.3, -0.25) is 9.78 Å². The van der Waals surface area contributed by atoms with Gasteiger partial charge in [-0.05, 0) is 38.3 Å². The number of hydrogen-bond donors (Lipinski definition) is 2. The first-order chi connectivity index (χ1) is 7.61. The fourth-order valence-corrected chi connectivity index (χ4v) is 1.88. The number of aryl methyl sites for hydroxylation is 1. The number of carbonyl (C=O) groups is 1. The topological polar surface area (TPSA) is 68.0 Å². The van der Waals surface area contributed by atoms with Crippen molar-refractivity contribution in [3.8, 4) is 0 Å². The zero-order valence-corrected chi connectivity index (χ0v) is 9.49. The summed E-state index contributed by atoms with van der Waals surface area (Å²) in [6, 6.07) is 3.55. The van der Waals surface area contributed by atoms with Crippen LogP contribution in [0, 0.1) is 6.92 Å². The predicted molar refractivity (Wildman–Crippen MR) is 62.1 cm³/mol. The number of hydrogen-bond acceptors (Lipinski definition) is 3. The minimum atomic E-state index is -0.175. The summed E-state index contributed by atoms with van der Waals surface area (Å²) in [7, 11) is 0. The highest BCUT2D eigenvalue weighted by Gasteiger charge is 2.32. The Morgan fingerprint density at radius 1 is 1.62 bits per heavy atom. The number of pyridine rings is 1. The molecule has 0 bridgehead atoms. The van der Waals surface area contributed by atoms with Gasteiger partial charge in [-0.2, -0.15) is 0 Å². The molecular weight excluding hydrogens is 202 g/mol. The van der Waals surface area contributed by atoms with Gasteiger partial charge in [0.05, 0.1) is 5.56 Å². The second kappa shape index (κ2) is 4.22. The van der Waals surface area contributed by atoms with E-state index < -0.39 is 0 Å². The smallest absolute Gasteiger partial charge is 0.253 e. The van der Waals surface area contributed by atoms with E-state index in [1.165, 1.54) is 0 Å². The monoisotopic (exact) mass is 219 g/mol. The quantitative estimate of drug-likeness (QED) is 0.797. The molecule has 1 fully saturated rings. The van der Waals surface area contributed by atoms with Gasteiger partial charge in [0.2, 0.25) is 0 Å². The molecule has 0 atom stereocenters. The number of nitrogens with zero attached hydrogens (tertiary/aromatic N) is 1. The van der Waals surface area contributed by atoms with Crippen molar-refractivity contribution in [2.24, 2.45) is 5.73 Å². The average Bonchev–Trinajstić information content (AvgIpc) is 2.24. The highest BCUT2D eigenvalue weighted by molar-refractivity contribution is 5.95. The van der Waals surface area contributed by atoms with E-state index in [1.54, 1.807) is 18.3 Å². The van der Waals surface area contributed by atoms with Crippen molar-refractivity contribution < 1.29 is 4.79 Å². The molecule has 0 unspecified atom stereocenters. The van der Waals surface area contributed by atoms with Gasteiger partial charge < -0.3 is 11.1 Å². The maximum Gasteiger partial charge on any atom is 0.253 e. The van der Waals surface area contributed by atoms with Crippen LogP contribution in [0.4, 0.5) is 0 Å². The summed E-state index contributed by atoms with van der Waals surface area (Å²) in [5, 5.41) is 2.88. The van der Waals surface area contributed by atoms with E-state index in [1.807, 2.05) is 6.92 Å². The standard InChI is InChI=1S/C12H17N3O/c1-9-10(4-2-7-14-9)11(16)15-8-12(13)5-3-6-12/h2,4,7H,3,5-6,8,13H2,1H3,(H,15,16). The predicted octanol–water partition coefficient (Wildman–Crippen LogP) is 1.00. The van der Waals surface area contributed by atoms with Crippen molar-refractivity contribution in [3.63, 3.8) is 0 Å². The average molecular weight is 219 g/mol. The molecule has 1 aromatic heterocycles. The van der Waals surface area contributed by atoms with E-state index in [4.69, 9.17) is 5.73 Å². The Labute approximate surface area is 95.3 Å². The molecule has 2 rings (SSSR count). The van der Waals surface area contributed by atoms with Gasteiger partial charge in [-0.25, -0.2) is 0 Å². The van der Waals surface area contributed by atoms with Crippen molar-refractivity contribution in [1.29, 1.82) is 0 Å². The zero-order valence-electron chi connectivity index (χ0n) is 9.49. The van der Waals surface area contributed by atoms with Gasteiger partial charge in [0.1, 0.15) is 0 Å². The lowest BCUT2D eigenvalue weighted by Crippen LogP contribution is -2.55. The largest absolute Gasteiger partial charge is 0.350 e. The van der Waals surface area contributed by atoms with Gasteiger partial charge in [0.15, 0.2) is 0 Å². The van der Waals surface area contributed by atoms with Crippen LogP contribution in [0.3, 0.4) is 0 Å². The lowest BCUT2D eigenvalue weighted by molar-refractivity contribution is 0.0928. The molecule has 0 spiro atoms. The maximum absolute atomic E-state index is 11.8. The fraction of sp³-hybridized carbons (Fsp3) is 0.500. The molecule has 1 aliphatic carbocycles. The molecule has 3 N–H and O–H groups in total. The van der Waals surface area contributed by atoms with E-state index in [0.29, 0.717) is 12.1 Å². The summed E-state index contributed by atoms with van der Waals surface area (Å²) in [4.78, 5) is 15.9. The molecule has 1 saturated carbocycles. The van der Waals surface area contributed by atoms with Crippen LogP contribution in [-0.4, -0.2) is 23.0 Å². The van der Waals surface area contributed by atoms with Crippen LogP contribution < -0.4 is 11.1 Å². The number of carbonyl (C=O) groups excluding carboxylic acids is 1. The molecule has 0 saturated heterocycles. The Kier molecular flexibility index (Phi) is 2.92. The first-order valence-electron chi connectivity index (χ1n) is 5.59. The first kappa shape index (κ1) is 11.1. The summed E-state index contributed by atoms with van der Waals surface area (Å²) in [5.74, 6) is -0.0812. The van der Waals surface area contributed by atoms with Crippen molar-refractivity contribution >= 4 is 5.91 Å². The van der Waals surface area contributed by atoms with Crippen LogP contribution in [0.25, 0.3) is 0 Å². The molecule has 1 heterocycles. The van der Waals surface area contributed by atoms with Gasteiger partial charge in [-0.15, -0.1) is 0 Å². The van der Waals surface area contributed by atoms with Crippen LogP contribution in [0.1, 0.15) is 35.3 Å².